The Morgan fingerprint density at radius 3 is 2.60 bits per heavy atom. The van der Waals surface area contributed by atoms with Crippen LogP contribution in [0.4, 0.5) is 0 Å². The summed E-state index contributed by atoms with van der Waals surface area (Å²) in [5.41, 5.74) is -0.553. The molecule has 1 heterocycles. The van der Waals surface area contributed by atoms with Gasteiger partial charge < -0.3 is 9.26 Å². The van der Waals surface area contributed by atoms with Crippen LogP contribution < -0.4 is 4.72 Å². The molecule has 1 aromatic heterocycles. The largest absolute Gasteiger partial charge is 0.460 e. The number of esters is 1. The Hall–Kier alpha value is -1.48. The minimum Gasteiger partial charge on any atom is -0.460 e. The van der Waals surface area contributed by atoms with E-state index in [2.05, 4.69) is 14.9 Å². The molecule has 1 aliphatic carbocycles. The minimum atomic E-state index is -3.34. The summed E-state index contributed by atoms with van der Waals surface area (Å²) < 4.78 is 36.6. The first-order chi connectivity index (χ1) is 14.1. The summed E-state index contributed by atoms with van der Waals surface area (Å²) in [5, 5.41) is 3.89. The van der Waals surface area contributed by atoms with Gasteiger partial charge in [0.25, 0.3) is 0 Å². The monoisotopic (exact) mass is 443 g/mol. The quantitative estimate of drug-likeness (QED) is 0.513. The molecule has 0 bridgehead atoms. The van der Waals surface area contributed by atoms with Crippen molar-refractivity contribution in [2.24, 2.45) is 5.92 Å². The summed E-state index contributed by atoms with van der Waals surface area (Å²) in [6, 6.07) is 0. The van der Waals surface area contributed by atoms with E-state index in [1.54, 1.807) is 6.92 Å². The lowest BCUT2D eigenvalue weighted by Gasteiger charge is -2.23. The maximum atomic E-state index is 12.4. The van der Waals surface area contributed by atoms with Crippen LogP contribution in [0.25, 0.3) is 0 Å². The van der Waals surface area contributed by atoms with E-state index >= 15 is 0 Å². The molecule has 1 N–H and O–H groups in total. The smallest absolute Gasteiger partial charge is 0.307 e. The molecule has 8 nitrogen and oxygen atoms in total. The Balaban J connectivity index is 1.99. The molecule has 0 saturated heterocycles. The van der Waals surface area contributed by atoms with Crippen LogP contribution in [0.2, 0.25) is 0 Å². The predicted octanol–water partition coefficient (Wildman–Crippen LogP) is 4.07. The highest BCUT2D eigenvalue weighted by Crippen LogP contribution is 2.31. The normalized spacial score (nSPS) is 17.1. The number of aromatic nitrogens is 2. The van der Waals surface area contributed by atoms with Crippen LogP contribution in [0.3, 0.4) is 0 Å². The van der Waals surface area contributed by atoms with Crippen LogP contribution in [0.5, 0.6) is 0 Å². The second kappa shape index (κ2) is 11.2. The fraction of sp³-hybridized carbons (Fsp3) is 0.857. The van der Waals surface area contributed by atoms with Crippen molar-refractivity contribution in [2.75, 3.05) is 5.75 Å². The molecule has 2 rings (SSSR count). The van der Waals surface area contributed by atoms with Crippen molar-refractivity contribution in [3.63, 3.8) is 0 Å². The van der Waals surface area contributed by atoms with Gasteiger partial charge in [0.1, 0.15) is 5.60 Å². The molecule has 9 heteroatoms. The van der Waals surface area contributed by atoms with Gasteiger partial charge in [0, 0.05) is 5.92 Å². The third kappa shape index (κ3) is 9.12. The first-order valence-electron chi connectivity index (χ1n) is 11.1. The summed E-state index contributed by atoms with van der Waals surface area (Å²) in [4.78, 5) is 16.8. The summed E-state index contributed by atoms with van der Waals surface area (Å²) in [7, 11) is -3.34. The van der Waals surface area contributed by atoms with Crippen molar-refractivity contribution in [3.05, 3.63) is 11.7 Å². The van der Waals surface area contributed by atoms with Crippen molar-refractivity contribution in [1.82, 2.24) is 14.9 Å². The Bertz CT molecular complexity index is 764. The van der Waals surface area contributed by atoms with E-state index in [4.69, 9.17) is 9.26 Å². The van der Waals surface area contributed by atoms with E-state index in [0.717, 1.165) is 25.2 Å². The standard InChI is InChI=1S/C21H37N3O5S/c1-5-30(26,27)22-15-18-23-20(29-24-18)17(14-19(25)28-21(2,3)4)13-9-12-16-10-7-6-8-11-16/h16-17,22H,5-15H2,1-4H3. The number of hydrogen-bond donors (Lipinski definition) is 1. The molecule has 0 spiro atoms. The number of nitrogens with zero attached hydrogens (tertiary/aromatic N) is 2. The first-order valence-corrected chi connectivity index (χ1v) is 12.7. The van der Waals surface area contributed by atoms with Crippen molar-refractivity contribution in [3.8, 4) is 0 Å². The molecule has 172 valence electrons. The predicted molar refractivity (Wildman–Crippen MR) is 114 cm³/mol. The number of ether oxygens (including phenoxy) is 1. The number of hydrogen-bond acceptors (Lipinski definition) is 7. The molecule has 0 aliphatic heterocycles. The third-order valence-corrected chi connectivity index (χ3v) is 6.73. The lowest BCUT2D eigenvalue weighted by molar-refractivity contribution is -0.155. The maximum absolute atomic E-state index is 12.4. The van der Waals surface area contributed by atoms with Gasteiger partial charge in [-0.25, -0.2) is 13.1 Å². The van der Waals surface area contributed by atoms with E-state index < -0.39 is 15.6 Å². The van der Waals surface area contributed by atoms with Gasteiger partial charge in [-0.3, -0.25) is 4.79 Å². The molecule has 1 aliphatic rings. The lowest BCUT2D eigenvalue weighted by Crippen LogP contribution is -2.25. The minimum absolute atomic E-state index is 0.0137. The van der Waals surface area contributed by atoms with Gasteiger partial charge in [0.15, 0.2) is 5.82 Å². The molecule has 0 radical (unpaired) electrons. The van der Waals surface area contributed by atoms with Crippen LogP contribution in [0, 0.1) is 5.92 Å². The van der Waals surface area contributed by atoms with Gasteiger partial charge in [0.2, 0.25) is 15.9 Å². The average Bonchev–Trinajstić information content (AvgIpc) is 3.14. The molecular formula is C21H37N3O5S. The summed E-state index contributed by atoms with van der Waals surface area (Å²) in [6.45, 7) is 7.06. The van der Waals surface area contributed by atoms with Crippen LogP contribution in [0.15, 0.2) is 4.52 Å². The molecule has 30 heavy (non-hydrogen) atoms. The van der Waals surface area contributed by atoms with E-state index in [1.165, 1.54) is 32.1 Å². The van der Waals surface area contributed by atoms with Crippen LogP contribution in [-0.2, 0) is 26.1 Å². The van der Waals surface area contributed by atoms with Crippen LogP contribution >= 0.6 is 0 Å². The van der Waals surface area contributed by atoms with Gasteiger partial charge in [-0.1, -0.05) is 50.1 Å². The zero-order valence-electron chi connectivity index (χ0n) is 18.8. The van der Waals surface area contributed by atoms with E-state index in [9.17, 15) is 13.2 Å². The van der Waals surface area contributed by atoms with Crippen molar-refractivity contribution in [1.29, 1.82) is 0 Å². The zero-order chi connectivity index (χ0) is 22.2. The number of carbonyl (C=O) groups excluding carboxylic acids is 1. The Morgan fingerprint density at radius 1 is 1.27 bits per heavy atom. The van der Waals surface area contributed by atoms with Crippen molar-refractivity contribution < 1.29 is 22.5 Å². The van der Waals surface area contributed by atoms with Gasteiger partial charge >= 0.3 is 5.97 Å². The van der Waals surface area contributed by atoms with Gasteiger partial charge in [-0.05, 0) is 40.0 Å². The molecule has 1 unspecified atom stereocenters. The second-order valence-corrected chi connectivity index (χ2v) is 11.3. The van der Waals surface area contributed by atoms with E-state index in [-0.39, 0.29) is 36.4 Å². The van der Waals surface area contributed by atoms with Crippen LogP contribution in [-0.4, -0.2) is 35.9 Å². The molecule has 1 aromatic rings. The molecule has 0 amide bonds. The van der Waals surface area contributed by atoms with E-state index in [1.807, 2.05) is 20.8 Å². The molecule has 1 saturated carbocycles. The summed E-state index contributed by atoms with van der Waals surface area (Å²) in [6.07, 6.45) is 9.60. The first kappa shape index (κ1) is 24.8. The average molecular weight is 444 g/mol. The lowest BCUT2D eigenvalue weighted by atomic mass is 9.84. The topological polar surface area (TPSA) is 111 Å². The fourth-order valence-electron chi connectivity index (χ4n) is 3.81. The maximum Gasteiger partial charge on any atom is 0.307 e. The highest BCUT2D eigenvalue weighted by atomic mass is 32.2. The summed E-state index contributed by atoms with van der Waals surface area (Å²) >= 11 is 0. The number of nitrogens with one attached hydrogen (secondary N) is 1. The summed E-state index contributed by atoms with van der Waals surface area (Å²) in [5.74, 6) is 0.866. The van der Waals surface area contributed by atoms with Gasteiger partial charge in [0.05, 0.1) is 18.7 Å². The third-order valence-electron chi connectivity index (χ3n) is 5.39. The highest BCUT2D eigenvalue weighted by Gasteiger charge is 2.26. The Labute approximate surface area is 180 Å². The number of sulfonamides is 1. The van der Waals surface area contributed by atoms with Crippen molar-refractivity contribution in [2.45, 2.75) is 104 Å². The SMILES string of the molecule is CCS(=O)(=O)NCc1noc(C(CCCC2CCCCC2)CC(=O)OC(C)(C)C)n1. The molecular weight excluding hydrogens is 406 g/mol. The zero-order valence-corrected chi connectivity index (χ0v) is 19.6. The van der Waals surface area contributed by atoms with E-state index in [0.29, 0.717) is 5.89 Å². The highest BCUT2D eigenvalue weighted by molar-refractivity contribution is 7.89. The van der Waals surface area contributed by atoms with Crippen LogP contribution in [0.1, 0.15) is 103 Å². The number of rotatable bonds is 11. The second-order valence-electron chi connectivity index (χ2n) is 9.20. The van der Waals surface area contributed by atoms with Gasteiger partial charge in [-0.2, -0.15) is 4.98 Å². The Kier molecular flexibility index (Phi) is 9.28. The van der Waals surface area contributed by atoms with Gasteiger partial charge in [-0.15, -0.1) is 0 Å². The Morgan fingerprint density at radius 2 is 1.97 bits per heavy atom. The fourth-order valence-corrected chi connectivity index (χ4v) is 4.36. The number of carbonyl (C=O) groups is 1. The molecule has 0 aromatic carbocycles. The van der Waals surface area contributed by atoms with Crippen molar-refractivity contribution >= 4 is 16.0 Å². The molecule has 1 fully saturated rings. The molecule has 1 atom stereocenters.